The molecule has 3 aromatic rings. The lowest BCUT2D eigenvalue weighted by atomic mass is 10.3. The van der Waals surface area contributed by atoms with Gasteiger partial charge in [0.2, 0.25) is 0 Å². The fourth-order valence-electron chi connectivity index (χ4n) is 3.27. The first kappa shape index (κ1) is 14.5. The fraction of sp³-hybridized carbons (Fsp3) is 0.421. The van der Waals surface area contributed by atoms with Crippen molar-refractivity contribution in [2.24, 2.45) is 5.92 Å². The number of imidazole rings is 1. The van der Waals surface area contributed by atoms with Crippen molar-refractivity contribution in [3.63, 3.8) is 0 Å². The van der Waals surface area contributed by atoms with Gasteiger partial charge in [-0.05, 0) is 50.6 Å². The molecule has 0 spiro atoms. The summed E-state index contributed by atoms with van der Waals surface area (Å²) in [4.78, 5) is 6.95. The van der Waals surface area contributed by atoms with Crippen LogP contribution in [-0.4, -0.2) is 21.3 Å². The Bertz CT molecular complexity index is 832. The summed E-state index contributed by atoms with van der Waals surface area (Å²) < 4.78 is 8.14. The lowest BCUT2D eigenvalue weighted by Crippen LogP contribution is -2.17. The lowest BCUT2D eigenvalue weighted by Gasteiger charge is -2.13. The highest BCUT2D eigenvalue weighted by atomic mass is 16.3. The summed E-state index contributed by atoms with van der Waals surface area (Å²) in [5.74, 6) is 3.63. The van der Waals surface area contributed by atoms with Gasteiger partial charge in [-0.25, -0.2) is 4.98 Å². The van der Waals surface area contributed by atoms with E-state index in [1.54, 1.807) is 0 Å². The molecular formula is C19H23N3O. The number of rotatable bonds is 5. The molecule has 1 aliphatic rings. The van der Waals surface area contributed by atoms with E-state index in [4.69, 9.17) is 9.40 Å². The summed E-state index contributed by atoms with van der Waals surface area (Å²) >= 11 is 0. The second-order valence-electron chi connectivity index (χ2n) is 6.92. The first-order valence-corrected chi connectivity index (χ1v) is 8.31. The van der Waals surface area contributed by atoms with Crippen molar-refractivity contribution in [2.75, 3.05) is 7.05 Å². The second-order valence-corrected chi connectivity index (χ2v) is 6.92. The van der Waals surface area contributed by atoms with Gasteiger partial charge in [0, 0.05) is 24.4 Å². The predicted molar refractivity (Wildman–Crippen MR) is 90.3 cm³/mol. The number of aromatic nitrogens is 2. The molecule has 0 aromatic carbocycles. The number of hydrogen-bond acceptors (Lipinski definition) is 3. The molecule has 23 heavy (non-hydrogen) atoms. The highest BCUT2D eigenvalue weighted by Crippen LogP contribution is 2.47. The van der Waals surface area contributed by atoms with Crippen LogP contribution in [0.25, 0.3) is 5.65 Å². The Morgan fingerprint density at radius 3 is 2.83 bits per heavy atom. The van der Waals surface area contributed by atoms with Gasteiger partial charge in [-0.1, -0.05) is 13.0 Å². The van der Waals surface area contributed by atoms with E-state index in [0.29, 0.717) is 5.92 Å². The molecule has 1 fully saturated rings. The maximum atomic E-state index is 6.00. The lowest BCUT2D eigenvalue weighted by molar-refractivity contribution is 0.281. The van der Waals surface area contributed by atoms with Crippen molar-refractivity contribution in [3.05, 3.63) is 59.4 Å². The normalized spacial score (nSPS) is 20.5. The van der Waals surface area contributed by atoms with Crippen molar-refractivity contribution in [1.82, 2.24) is 14.3 Å². The van der Waals surface area contributed by atoms with E-state index in [2.05, 4.69) is 60.7 Å². The standard InChI is InChI=1S/C19H23N3O/c1-13-9-17(13)18-8-7-16(23-18)12-21(3)10-15-11-22-14(2)5-4-6-19(22)20-15/h4-8,11,13,17H,9-10,12H2,1-3H3/t13-,17+/m0/s1. The zero-order valence-electron chi connectivity index (χ0n) is 14.0. The van der Waals surface area contributed by atoms with Crippen LogP contribution in [0.15, 0.2) is 40.9 Å². The van der Waals surface area contributed by atoms with Crippen LogP contribution < -0.4 is 0 Å². The van der Waals surface area contributed by atoms with Crippen molar-refractivity contribution < 1.29 is 4.42 Å². The molecule has 1 aliphatic carbocycles. The van der Waals surface area contributed by atoms with Crippen LogP contribution in [0.1, 0.15) is 42.2 Å². The molecule has 0 N–H and O–H groups in total. The van der Waals surface area contributed by atoms with Gasteiger partial charge in [-0.3, -0.25) is 4.90 Å². The number of furan rings is 1. The van der Waals surface area contributed by atoms with Crippen molar-refractivity contribution in [1.29, 1.82) is 0 Å². The summed E-state index contributed by atoms with van der Waals surface area (Å²) in [5.41, 5.74) is 3.30. The quantitative estimate of drug-likeness (QED) is 0.714. The number of fused-ring (bicyclic) bond motifs is 1. The third kappa shape index (κ3) is 2.91. The summed E-state index contributed by atoms with van der Waals surface area (Å²) in [7, 11) is 2.11. The molecule has 0 radical (unpaired) electrons. The van der Waals surface area contributed by atoms with E-state index in [0.717, 1.165) is 41.9 Å². The molecule has 0 bridgehead atoms. The van der Waals surface area contributed by atoms with Crippen LogP contribution >= 0.6 is 0 Å². The average molecular weight is 309 g/mol. The number of pyridine rings is 1. The smallest absolute Gasteiger partial charge is 0.137 e. The van der Waals surface area contributed by atoms with Gasteiger partial charge < -0.3 is 8.82 Å². The minimum atomic E-state index is 0.649. The Labute approximate surface area is 136 Å². The largest absolute Gasteiger partial charge is 0.464 e. The van der Waals surface area contributed by atoms with Crippen LogP contribution in [0, 0.1) is 12.8 Å². The minimum absolute atomic E-state index is 0.649. The van der Waals surface area contributed by atoms with Crippen LogP contribution in [0.2, 0.25) is 0 Å². The highest BCUT2D eigenvalue weighted by Gasteiger charge is 2.36. The average Bonchev–Trinajstić information content (AvgIpc) is 2.91. The van der Waals surface area contributed by atoms with E-state index >= 15 is 0 Å². The molecule has 0 aliphatic heterocycles. The Hall–Kier alpha value is -2.07. The third-order valence-electron chi connectivity index (χ3n) is 4.76. The van der Waals surface area contributed by atoms with Gasteiger partial charge in [-0.15, -0.1) is 0 Å². The molecule has 3 aromatic heterocycles. The molecule has 2 atom stereocenters. The van der Waals surface area contributed by atoms with Gasteiger partial charge in [-0.2, -0.15) is 0 Å². The predicted octanol–water partition coefficient (Wildman–Crippen LogP) is 3.99. The Balaban J connectivity index is 1.43. The van der Waals surface area contributed by atoms with E-state index in [1.807, 2.05) is 6.07 Å². The molecule has 1 saturated carbocycles. The van der Waals surface area contributed by atoms with Gasteiger partial charge >= 0.3 is 0 Å². The first-order chi connectivity index (χ1) is 11.1. The van der Waals surface area contributed by atoms with Crippen LogP contribution in [0.3, 0.4) is 0 Å². The molecular weight excluding hydrogens is 286 g/mol. The Kier molecular flexibility index (Phi) is 3.49. The van der Waals surface area contributed by atoms with E-state index in [1.165, 1.54) is 12.1 Å². The van der Waals surface area contributed by atoms with Crippen LogP contribution in [-0.2, 0) is 13.1 Å². The molecule has 3 heterocycles. The molecule has 0 saturated heterocycles. The molecule has 0 unspecified atom stereocenters. The summed E-state index contributed by atoms with van der Waals surface area (Å²) in [6.07, 6.45) is 3.39. The molecule has 4 rings (SSSR count). The van der Waals surface area contributed by atoms with E-state index in [-0.39, 0.29) is 0 Å². The maximum Gasteiger partial charge on any atom is 0.137 e. The molecule has 4 nitrogen and oxygen atoms in total. The van der Waals surface area contributed by atoms with Crippen molar-refractivity contribution in [2.45, 2.75) is 39.3 Å². The van der Waals surface area contributed by atoms with Gasteiger partial charge in [0.1, 0.15) is 17.2 Å². The number of hydrogen-bond donors (Lipinski definition) is 0. The molecule has 120 valence electrons. The Morgan fingerprint density at radius 2 is 2.09 bits per heavy atom. The summed E-state index contributed by atoms with van der Waals surface area (Å²) in [5, 5.41) is 0. The SMILES string of the molecule is Cc1cccc2nc(CN(C)Cc3ccc([C@@H]4C[C@@H]4C)o3)cn12. The third-order valence-corrected chi connectivity index (χ3v) is 4.76. The summed E-state index contributed by atoms with van der Waals surface area (Å²) in [6, 6.07) is 10.5. The van der Waals surface area contributed by atoms with Crippen LogP contribution in [0.5, 0.6) is 0 Å². The first-order valence-electron chi connectivity index (χ1n) is 8.31. The van der Waals surface area contributed by atoms with E-state index < -0.39 is 0 Å². The summed E-state index contributed by atoms with van der Waals surface area (Å²) in [6.45, 7) is 6.01. The molecule has 0 amide bonds. The van der Waals surface area contributed by atoms with Gasteiger partial charge in [0.25, 0.3) is 0 Å². The Morgan fingerprint density at radius 1 is 1.26 bits per heavy atom. The monoisotopic (exact) mass is 309 g/mol. The zero-order chi connectivity index (χ0) is 16.0. The van der Waals surface area contributed by atoms with Crippen molar-refractivity contribution in [3.8, 4) is 0 Å². The van der Waals surface area contributed by atoms with Crippen molar-refractivity contribution >= 4 is 5.65 Å². The maximum absolute atomic E-state index is 6.00. The van der Waals surface area contributed by atoms with Gasteiger partial charge in [0.15, 0.2) is 0 Å². The molecule has 4 heteroatoms. The number of nitrogens with zero attached hydrogens (tertiary/aromatic N) is 3. The zero-order valence-corrected chi connectivity index (χ0v) is 14.0. The van der Waals surface area contributed by atoms with Crippen LogP contribution in [0.4, 0.5) is 0 Å². The minimum Gasteiger partial charge on any atom is -0.464 e. The fourth-order valence-corrected chi connectivity index (χ4v) is 3.27. The second kappa shape index (κ2) is 5.53. The highest BCUT2D eigenvalue weighted by molar-refractivity contribution is 5.41. The number of aryl methyl sites for hydroxylation is 1. The van der Waals surface area contributed by atoms with E-state index in [9.17, 15) is 0 Å². The topological polar surface area (TPSA) is 33.7 Å². The van der Waals surface area contributed by atoms with Gasteiger partial charge in [0.05, 0.1) is 12.2 Å².